The summed E-state index contributed by atoms with van der Waals surface area (Å²) in [6, 6.07) is 50.9. The zero-order valence-corrected chi connectivity index (χ0v) is 23.1. The van der Waals surface area contributed by atoms with E-state index in [1.54, 1.807) is 0 Å². The maximum atomic E-state index is 6.28. The van der Waals surface area contributed by atoms with Crippen molar-refractivity contribution in [1.82, 2.24) is 0 Å². The molecule has 2 aromatic heterocycles. The second-order valence-corrected chi connectivity index (χ2v) is 10.6. The van der Waals surface area contributed by atoms with Crippen molar-refractivity contribution in [3.63, 3.8) is 0 Å². The van der Waals surface area contributed by atoms with Gasteiger partial charge in [-0.15, -0.1) is 0 Å². The van der Waals surface area contributed by atoms with Crippen LogP contribution in [-0.4, -0.2) is 0 Å². The van der Waals surface area contributed by atoms with Crippen molar-refractivity contribution >= 4 is 50.0 Å². The Morgan fingerprint density at radius 1 is 0.405 bits per heavy atom. The van der Waals surface area contributed by atoms with Crippen molar-refractivity contribution in [3.05, 3.63) is 151 Å². The van der Waals surface area contributed by atoms with Gasteiger partial charge in [0, 0.05) is 44.9 Å². The van der Waals surface area contributed by atoms with Crippen molar-refractivity contribution in [3.8, 4) is 22.3 Å². The highest BCUT2D eigenvalue weighted by Crippen LogP contribution is 2.41. The molecule has 3 nitrogen and oxygen atoms in total. The summed E-state index contributed by atoms with van der Waals surface area (Å²) in [5, 5.41) is 3.38. The molecule has 0 unspecified atom stereocenters. The van der Waals surface area contributed by atoms with Crippen molar-refractivity contribution < 1.29 is 8.83 Å². The fourth-order valence-corrected chi connectivity index (χ4v) is 6.04. The number of hydrogen-bond acceptors (Lipinski definition) is 3. The number of rotatable bonds is 5. The minimum absolute atomic E-state index is 0.872. The van der Waals surface area contributed by atoms with E-state index in [-0.39, 0.29) is 0 Å². The molecule has 0 saturated heterocycles. The van der Waals surface area contributed by atoms with E-state index < -0.39 is 0 Å². The van der Waals surface area contributed by atoms with Gasteiger partial charge in [-0.2, -0.15) is 0 Å². The van der Waals surface area contributed by atoms with Gasteiger partial charge in [-0.1, -0.05) is 91.0 Å². The highest BCUT2D eigenvalue weighted by Gasteiger charge is 2.17. The molecule has 0 atom stereocenters. The molecule has 0 fully saturated rings. The van der Waals surface area contributed by atoms with E-state index in [1.807, 2.05) is 37.3 Å². The topological polar surface area (TPSA) is 29.5 Å². The minimum Gasteiger partial charge on any atom is -0.461 e. The van der Waals surface area contributed by atoms with Crippen LogP contribution in [0, 0.1) is 6.92 Å². The second kappa shape index (κ2) is 9.83. The lowest BCUT2D eigenvalue weighted by Gasteiger charge is -2.26. The Morgan fingerprint density at radius 2 is 0.929 bits per heavy atom. The van der Waals surface area contributed by atoms with Crippen LogP contribution in [-0.2, 0) is 0 Å². The normalized spacial score (nSPS) is 11.5. The molecule has 0 aliphatic carbocycles. The van der Waals surface area contributed by atoms with E-state index in [1.165, 1.54) is 11.1 Å². The van der Waals surface area contributed by atoms with Gasteiger partial charge in [0.05, 0.1) is 0 Å². The smallest absolute Gasteiger partial charge is 0.137 e. The predicted octanol–water partition coefficient (Wildman–Crippen LogP) is 11.4. The number of fused-ring (bicyclic) bond motifs is 4. The molecule has 0 amide bonds. The average molecular weight is 542 g/mol. The number of nitrogens with zero attached hydrogens (tertiary/aromatic N) is 1. The number of hydrogen-bond donors (Lipinski definition) is 0. The lowest BCUT2D eigenvalue weighted by molar-refractivity contribution is 0.580. The molecule has 3 heteroatoms. The van der Waals surface area contributed by atoms with Crippen molar-refractivity contribution in [1.29, 1.82) is 0 Å². The highest BCUT2D eigenvalue weighted by molar-refractivity contribution is 6.06. The van der Waals surface area contributed by atoms with Crippen molar-refractivity contribution in [2.24, 2.45) is 0 Å². The molecular weight excluding hydrogens is 514 g/mol. The number of furan rings is 2. The molecule has 200 valence electrons. The van der Waals surface area contributed by atoms with E-state index in [4.69, 9.17) is 8.83 Å². The molecule has 0 spiro atoms. The summed E-state index contributed by atoms with van der Waals surface area (Å²) in [5.41, 5.74) is 10.5. The number of aryl methyl sites for hydroxylation is 1. The van der Waals surface area contributed by atoms with E-state index in [2.05, 4.69) is 120 Å². The zero-order valence-electron chi connectivity index (χ0n) is 23.1. The molecule has 0 aliphatic heterocycles. The largest absolute Gasteiger partial charge is 0.461 e. The Labute approximate surface area is 243 Å². The summed E-state index contributed by atoms with van der Waals surface area (Å²) in [6.45, 7) is 2.03. The molecule has 0 N–H and O–H groups in total. The van der Waals surface area contributed by atoms with Crippen LogP contribution in [0.1, 0.15) is 5.76 Å². The van der Waals surface area contributed by atoms with Crippen LogP contribution < -0.4 is 4.90 Å². The second-order valence-electron chi connectivity index (χ2n) is 10.6. The van der Waals surface area contributed by atoms with Gasteiger partial charge in [0.1, 0.15) is 22.5 Å². The summed E-state index contributed by atoms with van der Waals surface area (Å²) in [5.74, 6) is 0.924. The first-order chi connectivity index (χ1) is 20.7. The number of anilines is 3. The van der Waals surface area contributed by atoms with Crippen molar-refractivity contribution in [2.75, 3.05) is 4.90 Å². The molecular formula is C39H27NO2. The summed E-state index contributed by atoms with van der Waals surface area (Å²) in [4.78, 5) is 2.28. The lowest BCUT2D eigenvalue weighted by atomic mass is 10.0. The summed E-state index contributed by atoms with van der Waals surface area (Å²) in [6.07, 6.45) is 0. The van der Waals surface area contributed by atoms with E-state index >= 15 is 0 Å². The SMILES string of the molecule is Cc1oc2ccccc2c1-c1ccc(N(c2ccc(-c3ccccc3)cc2)c2ccc3c(c2)oc2ccccc23)cc1. The van der Waals surface area contributed by atoms with Gasteiger partial charge in [0.25, 0.3) is 0 Å². The van der Waals surface area contributed by atoms with Gasteiger partial charge >= 0.3 is 0 Å². The Kier molecular flexibility index (Phi) is 5.68. The van der Waals surface area contributed by atoms with Gasteiger partial charge in [0.2, 0.25) is 0 Å². The fourth-order valence-electron chi connectivity index (χ4n) is 6.04. The monoisotopic (exact) mass is 541 g/mol. The Balaban J connectivity index is 1.25. The van der Waals surface area contributed by atoms with Gasteiger partial charge in [-0.05, 0) is 72.1 Å². The zero-order chi connectivity index (χ0) is 28.0. The predicted molar refractivity (Wildman–Crippen MR) is 174 cm³/mol. The van der Waals surface area contributed by atoms with E-state index in [0.717, 1.165) is 66.9 Å². The fraction of sp³-hybridized carbons (Fsp3) is 0.0256. The summed E-state index contributed by atoms with van der Waals surface area (Å²) >= 11 is 0. The molecule has 0 radical (unpaired) electrons. The number of para-hydroxylation sites is 2. The Morgan fingerprint density at radius 3 is 1.64 bits per heavy atom. The third kappa shape index (κ3) is 4.06. The van der Waals surface area contributed by atoms with Gasteiger partial charge in [0.15, 0.2) is 0 Å². The maximum Gasteiger partial charge on any atom is 0.137 e. The highest BCUT2D eigenvalue weighted by atomic mass is 16.3. The minimum atomic E-state index is 0.872. The van der Waals surface area contributed by atoms with Crippen LogP contribution in [0.15, 0.2) is 154 Å². The maximum absolute atomic E-state index is 6.28. The van der Waals surface area contributed by atoms with Crippen LogP contribution in [0.5, 0.6) is 0 Å². The van der Waals surface area contributed by atoms with Crippen molar-refractivity contribution in [2.45, 2.75) is 6.92 Å². The molecule has 0 saturated carbocycles. The Bertz CT molecular complexity index is 2190. The summed E-state index contributed by atoms with van der Waals surface area (Å²) < 4.78 is 12.3. The van der Waals surface area contributed by atoms with Crippen LogP contribution in [0.2, 0.25) is 0 Å². The van der Waals surface area contributed by atoms with Gasteiger partial charge in [-0.25, -0.2) is 0 Å². The van der Waals surface area contributed by atoms with Crippen LogP contribution in [0.4, 0.5) is 17.1 Å². The molecule has 2 heterocycles. The quantitative estimate of drug-likeness (QED) is 0.217. The van der Waals surface area contributed by atoms with Crippen LogP contribution in [0.25, 0.3) is 55.2 Å². The van der Waals surface area contributed by atoms with E-state index in [9.17, 15) is 0 Å². The third-order valence-corrected chi connectivity index (χ3v) is 8.04. The molecule has 6 aromatic carbocycles. The van der Waals surface area contributed by atoms with Gasteiger partial charge < -0.3 is 13.7 Å². The summed E-state index contributed by atoms with van der Waals surface area (Å²) in [7, 11) is 0. The lowest BCUT2D eigenvalue weighted by Crippen LogP contribution is -2.09. The molecule has 0 aliphatic rings. The number of benzene rings is 6. The van der Waals surface area contributed by atoms with Gasteiger partial charge in [-0.3, -0.25) is 0 Å². The van der Waals surface area contributed by atoms with E-state index in [0.29, 0.717) is 0 Å². The van der Waals surface area contributed by atoms with Crippen LogP contribution in [0.3, 0.4) is 0 Å². The third-order valence-electron chi connectivity index (χ3n) is 8.04. The first-order valence-corrected chi connectivity index (χ1v) is 14.2. The Hall–Kier alpha value is -5.54. The first kappa shape index (κ1) is 24.3. The first-order valence-electron chi connectivity index (χ1n) is 14.2. The average Bonchev–Trinajstić information content (AvgIpc) is 3.59. The standard InChI is InChI=1S/C39H27NO2/c1-26-39(35-12-6-8-14-37(35)41-26)29-17-21-31(22-18-29)40(30-19-15-28(16-20-30)27-9-3-2-4-10-27)32-23-24-34-33-11-5-7-13-36(33)42-38(34)25-32/h2-25H,1H3. The molecule has 0 bridgehead atoms. The molecule has 42 heavy (non-hydrogen) atoms. The van der Waals surface area contributed by atoms with Crippen LogP contribution >= 0.6 is 0 Å². The molecule has 8 rings (SSSR count). The molecule has 8 aromatic rings.